The molecule has 0 atom stereocenters. The van der Waals surface area contributed by atoms with E-state index in [2.05, 4.69) is 39.5 Å². The molecule has 0 spiro atoms. The maximum absolute atomic E-state index is 5.81. The maximum atomic E-state index is 5.81. The molecular weight excluding hydrogens is 300 g/mol. The van der Waals surface area contributed by atoms with E-state index in [9.17, 15) is 0 Å². The van der Waals surface area contributed by atoms with Gasteiger partial charge in [-0.05, 0) is 37.3 Å². The van der Waals surface area contributed by atoms with Crippen LogP contribution in [0.1, 0.15) is 35.5 Å². The lowest BCUT2D eigenvalue weighted by Crippen LogP contribution is -2.25. The second-order valence-electron chi connectivity index (χ2n) is 5.54. The number of para-hydroxylation sites is 1. The molecule has 1 aromatic heterocycles. The van der Waals surface area contributed by atoms with Crippen LogP contribution < -0.4 is 4.90 Å². The Kier molecular flexibility index (Phi) is 5.15. The number of fused-ring (bicyclic) bond motifs is 1. The molecule has 0 saturated carbocycles. The van der Waals surface area contributed by atoms with Crippen LogP contribution in [-0.2, 0) is 18.7 Å². The van der Waals surface area contributed by atoms with Crippen LogP contribution in [0, 0.1) is 0 Å². The van der Waals surface area contributed by atoms with E-state index in [1.807, 2.05) is 0 Å². The van der Waals surface area contributed by atoms with E-state index in [1.165, 1.54) is 42.1 Å². The highest BCUT2D eigenvalue weighted by Gasteiger charge is 2.14. The summed E-state index contributed by atoms with van der Waals surface area (Å²) in [5.74, 6) is 0.524. The van der Waals surface area contributed by atoms with Gasteiger partial charge in [0.25, 0.3) is 0 Å². The summed E-state index contributed by atoms with van der Waals surface area (Å²) >= 11 is 7.54. The molecule has 2 aromatic rings. The second kappa shape index (κ2) is 7.28. The predicted octanol–water partition coefficient (Wildman–Crippen LogP) is 4.66. The molecule has 0 saturated heterocycles. The van der Waals surface area contributed by atoms with Crippen LogP contribution in [-0.4, -0.2) is 18.1 Å². The number of hydrogen-bond acceptors (Lipinski definition) is 3. The smallest absolute Gasteiger partial charge is 0.0929 e. The number of rotatable bonds is 5. The Bertz CT molecular complexity index is 582. The van der Waals surface area contributed by atoms with Crippen LogP contribution in [0.4, 0.5) is 5.69 Å². The molecule has 2 nitrogen and oxygen atoms in total. The normalized spacial score (nSPS) is 14.8. The largest absolute Gasteiger partial charge is 0.371 e. The number of nitrogens with zero attached hydrogens (tertiary/aromatic N) is 2. The van der Waals surface area contributed by atoms with Gasteiger partial charge in [0.05, 0.1) is 16.6 Å². The van der Waals surface area contributed by atoms with Gasteiger partial charge in [0.15, 0.2) is 0 Å². The van der Waals surface area contributed by atoms with E-state index >= 15 is 0 Å². The fourth-order valence-corrected chi connectivity index (χ4v) is 4.02. The third kappa shape index (κ3) is 3.78. The highest BCUT2D eigenvalue weighted by molar-refractivity contribution is 7.09. The van der Waals surface area contributed by atoms with Crippen LogP contribution >= 0.6 is 22.9 Å². The van der Waals surface area contributed by atoms with Gasteiger partial charge in [-0.25, -0.2) is 4.98 Å². The molecule has 1 aliphatic rings. The van der Waals surface area contributed by atoms with Crippen molar-refractivity contribution in [2.45, 2.75) is 38.0 Å². The Morgan fingerprint density at radius 1 is 1.24 bits per heavy atom. The van der Waals surface area contributed by atoms with Gasteiger partial charge >= 0.3 is 0 Å². The van der Waals surface area contributed by atoms with Crippen molar-refractivity contribution in [1.29, 1.82) is 0 Å². The molecule has 0 radical (unpaired) electrons. The number of alkyl halides is 1. The first-order valence-corrected chi connectivity index (χ1v) is 9.10. The van der Waals surface area contributed by atoms with Crippen LogP contribution in [0.5, 0.6) is 0 Å². The van der Waals surface area contributed by atoms with Gasteiger partial charge in [-0.3, -0.25) is 0 Å². The number of hydrogen-bond donors (Lipinski definition) is 0. The molecule has 21 heavy (non-hydrogen) atoms. The van der Waals surface area contributed by atoms with Crippen molar-refractivity contribution >= 4 is 28.6 Å². The molecule has 4 heteroatoms. The van der Waals surface area contributed by atoms with Gasteiger partial charge in [0.1, 0.15) is 0 Å². The summed E-state index contributed by atoms with van der Waals surface area (Å²) in [7, 11) is 0. The first-order valence-electron chi connectivity index (χ1n) is 7.69. The van der Waals surface area contributed by atoms with Gasteiger partial charge in [0, 0.05) is 30.6 Å². The maximum Gasteiger partial charge on any atom is 0.0929 e. The van der Waals surface area contributed by atoms with Crippen molar-refractivity contribution in [3.05, 3.63) is 45.9 Å². The Balaban J connectivity index is 1.59. The van der Waals surface area contributed by atoms with E-state index in [0.717, 1.165) is 25.1 Å². The fraction of sp³-hybridized carbons (Fsp3) is 0.471. The molecule has 0 fully saturated rings. The zero-order valence-corrected chi connectivity index (χ0v) is 13.8. The Hall–Kier alpha value is -1.06. The van der Waals surface area contributed by atoms with Gasteiger partial charge in [-0.1, -0.05) is 18.2 Å². The van der Waals surface area contributed by atoms with E-state index in [-0.39, 0.29) is 0 Å². The predicted molar refractivity (Wildman–Crippen MR) is 91.6 cm³/mol. The van der Waals surface area contributed by atoms with Crippen molar-refractivity contribution in [3.63, 3.8) is 0 Å². The van der Waals surface area contributed by atoms with Gasteiger partial charge in [-0.2, -0.15) is 0 Å². The molecular formula is C17H21ClN2S. The molecule has 0 aliphatic carbocycles. The summed E-state index contributed by atoms with van der Waals surface area (Å²) in [5.41, 5.74) is 3.96. The summed E-state index contributed by atoms with van der Waals surface area (Å²) in [5, 5.41) is 3.29. The van der Waals surface area contributed by atoms with Crippen LogP contribution in [0.25, 0.3) is 0 Å². The minimum atomic E-state index is 0.524. The van der Waals surface area contributed by atoms with Gasteiger partial charge < -0.3 is 4.90 Å². The summed E-state index contributed by atoms with van der Waals surface area (Å²) in [4.78, 5) is 7.10. The van der Waals surface area contributed by atoms with E-state index in [1.54, 1.807) is 11.3 Å². The molecule has 0 amide bonds. The SMILES string of the molecule is ClCc1csc(CCCN2CCCCc3ccccc32)n1. The highest BCUT2D eigenvalue weighted by Crippen LogP contribution is 2.26. The fourth-order valence-electron chi connectivity index (χ4n) is 2.95. The number of anilines is 1. The topological polar surface area (TPSA) is 16.1 Å². The molecule has 1 aromatic carbocycles. The van der Waals surface area contributed by atoms with Crippen LogP contribution in [0.3, 0.4) is 0 Å². The zero-order chi connectivity index (χ0) is 14.5. The molecule has 3 rings (SSSR count). The summed E-state index contributed by atoms with van der Waals surface area (Å²) in [6.07, 6.45) is 6.03. The average molecular weight is 321 g/mol. The average Bonchev–Trinajstić information content (AvgIpc) is 2.88. The number of aryl methyl sites for hydroxylation is 2. The van der Waals surface area contributed by atoms with Crippen LogP contribution in [0.15, 0.2) is 29.6 Å². The third-order valence-corrected chi connectivity index (χ3v) is 5.24. The molecule has 0 unspecified atom stereocenters. The minimum absolute atomic E-state index is 0.524. The third-order valence-electron chi connectivity index (χ3n) is 4.01. The standard InChI is InChI=1S/C17H21ClN2S/c18-12-15-13-21-17(19-15)9-5-11-20-10-4-3-7-14-6-1-2-8-16(14)20/h1-2,6,8,13H,3-5,7,9-12H2. The van der Waals surface area contributed by atoms with E-state index in [0.29, 0.717) is 5.88 Å². The monoisotopic (exact) mass is 320 g/mol. The summed E-state index contributed by atoms with van der Waals surface area (Å²) in [6.45, 7) is 2.30. The number of benzene rings is 1. The second-order valence-corrected chi connectivity index (χ2v) is 6.75. The molecule has 112 valence electrons. The number of aromatic nitrogens is 1. The Morgan fingerprint density at radius 2 is 2.14 bits per heavy atom. The molecule has 0 N–H and O–H groups in total. The van der Waals surface area contributed by atoms with Crippen molar-refractivity contribution in [3.8, 4) is 0 Å². The molecule has 0 bridgehead atoms. The lowest BCUT2D eigenvalue weighted by Gasteiger charge is -2.24. The zero-order valence-electron chi connectivity index (χ0n) is 12.2. The lowest BCUT2D eigenvalue weighted by atomic mass is 10.1. The van der Waals surface area contributed by atoms with E-state index < -0.39 is 0 Å². The van der Waals surface area contributed by atoms with Crippen molar-refractivity contribution < 1.29 is 0 Å². The quantitative estimate of drug-likeness (QED) is 0.745. The Morgan fingerprint density at radius 3 is 3.00 bits per heavy atom. The summed E-state index contributed by atoms with van der Waals surface area (Å²) in [6, 6.07) is 8.87. The first-order chi connectivity index (χ1) is 10.4. The number of thiazole rings is 1. The lowest BCUT2D eigenvalue weighted by molar-refractivity contribution is 0.687. The molecule has 2 heterocycles. The van der Waals surface area contributed by atoms with E-state index in [4.69, 9.17) is 11.6 Å². The first kappa shape index (κ1) is 14.9. The summed E-state index contributed by atoms with van der Waals surface area (Å²) < 4.78 is 0. The molecule has 1 aliphatic heterocycles. The highest BCUT2D eigenvalue weighted by atomic mass is 35.5. The van der Waals surface area contributed by atoms with Crippen LogP contribution in [0.2, 0.25) is 0 Å². The van der Waals surface area contributed by atoms with Crippen molar-refractivity contribution in [2.75, 3.05) is 18.0 Å². The van der Waals surface area contributed by atoms with Gasteiger partial charge in [-0.15, -0.1) is 22.9 Å². The number of halogens is 1. The Labute approximate surface area is 135 Å². The minimum Gasteiger partial charge on any atom is -0.371 e. The van der Waals surface area contributed by atoms with Crippen molar-refractivity contribution in [1.82, 2.24) is 4.98 Å². The van der Waals surface area contributed by atoms with Crippen molar-refractivity contribution in [2.24, 2.45) is 0 Å². The van der Waals surface area contributed by atoms with Gasteiger partial charge in [0.2, 0.25) is 0 Å².